The van der Waals surface area contributed by atoms with E-state index in [1.807, 2.05) is 0 Å². The molecule has 1 aliphatic rings. The second-order valence-electron chi connectivity index (χ2n) is 4.35. The van der Waals surface area contributed by atoms with E-state index in [4.69, 9.17) is 0 Å². The molecule has 0 aromatic rings. The van der Waals surface area contributed by atoms with Gasteiger partial charge in [0.25, 0.3) is 0 Å². The summed E-state index contributed by atoms with van der Waals surface area (Å²) in [5, 5.41) is 28.4. The number of hydrogen-bond acceptors (Lipinski definition) is 6. The van der Waals surface area contributed by atoms with Crippen LogP contribution in [-0.4, -0.2) is 51.5 Å². The first-order chi connectivity index (χ1) is 11.5. The highest BCUT2D eigenvalue weighted by Gasteiger charge is 2.47. The Morgan fingerprint density at radius 2 is 1.62 bits per heavy atom. The van der Waals surface area contributed by atoms with E-state index in [9.17, 15) is 24.9 Å². The SMILES string of the molecule is CC#CC#CC#CC#CC#CCC(=O)[C@H](O)[C@H]1OC(=O)[C@@H](O)[C@H]1O. The van der Waals surface area contributed by atoms with Crippen LogP contribution in [0.1, 0.15) is 13.3 Å². The van der Waals surface area contributed by atoms with Crippen LogP contribution >= 0.6 is 0 Å². The summed E-state index contributed by atoms with van der Waals surface area (Å²) in [4.78, 5) is 22.7. The summed E-state index contributed by atoms with van der Waals surface area (Å²) < 4.78 is 4.54. The van der Waals surface area contributed by atoms with E-state index in [1.54, 1.807) is 6.92 Å². The van der Waals surface area contributed by atoms with E-state index < -0.39 is 36.2 Å². The fraction of sp³-hybridized carbons (Fsp3) is 0.333. The van der Waals surface area contributed by atoms with Crippen molar-refractivity contribution in [3.63, 3.8) is 0 Å². The van der Waals surface area contributed by atoms with Crippen molar-refractivity contribution >= 4 is 11.8 Å². The molecule has 0 unspecified atom stereocenters. The predicted molar refractivity (Wildman–Crippen MR) is 82.1 cm³/mol. The quantitative estimate of drug-likeness (QED) is 0.409. The molecule has 0 radical (unpaired) electrons. The normalized spacial score (nSPS) is 21.5. The third-order valence-electron chi connectivity index (χ3n) is 2.71. The highest BCUT2D eigenvalue weighted by atomic mass is 16.6. The Hall–Kier alpha value is -3.18. The largest absolute Gasteiger partial charge is 0.454 e. The molecular formula is C18H12O6. The molecule has 6 heteroatoms. The Morgan fingerprint density at radius 3 is 2.12 bits per heavy atom. The van der Waals surface area contributed by atoms with Crippen molar-refractivity contribution in [2.45, 2.75) is 37.8 Å². The van der Waals surface area contributed by atoms with Gasteiger partial charge in [0.1, 0.15) is 6.10 Å². The van der Waals surface area contributed by atoms with E-state index in [-0.39, 0.29) is 6.42 Å². The van der Waals surface area contributed by atoms with Gasteiger partial charge in [0, 0.05) is 0 Å². The highest BCUT2D eigenvalue weighted by Crippen LogP contribution is 2.19. The summed E-state index contributed by atoms with van der Waals surface area (Å²) in [7, 11) is 0. The van der Waals surface area contributed by atoms with Crippen molar-refractivity contribution in [2.75, 3.05) is 0 Å². The van der Waals surface area contributed by atoms with Gasteiger partial charge in [-0.3, -0.25) is 4.79 Å². The summed E-state index contributed by atoms with van der Waals surface area (Å²) >= 11 is 0. The van der Waals surface area contributed by atoms with Crippen molar-refractivity contribution in [2.24, 2.45) is 0 Å². The Labute approximate surface area is 139 Å². The summed E-state index contributed by atoms with van der Waals surface area (Å²) in [6.45, 7) is 1.65. The second kappa shape index (κ2) is 9.76. The van der Waals surface area contributed by atoms with E-state index in [0.29, 0.717) is 0 Å². The molecule has 0 aromatic carbocycles. The molecule has 0 saturated carbocycles. The molecule has 0 spiro atoms. The summed E-state index contributed by atoms with van der Waals surface area (Å²) in [5.74, 6) is 22.4. The molecule has 0 amide bonds. The first-order valence-corrected chi connectivity index (χ1v) is 6.66. The number of ketones is 1. The van der Waals surface area contributed by atoms with Gasteiger partial charge in [0.05, 0.1) is 6.42 Å². The molecular weight excluding hydrogens is 312 g/mol. The van der Waals surface area contributed by atoms with Crippen LogP contribution in [0, 0.1) is 59.2 Å². The van der Waals surface area contributed by atoms with Gasteiger partial charge >= 0.3 is 5.97 Å². The molecule has 4 atom stereocenters. The molecule has 1 rings (SSSR count). The van der Waals surface area contributed by atoms with E-state index >= 15 is 0 Å². The van der Waals surface area contributed by atoms with E-state index in [1.165, 1.54) is 0 Å². The highest BCUT2D eigenvalue weighted by molar-refractivity contribution is 5.87. The number of cyclic esters (lactones) is 1. The summed E-state index contributed by atoms with van der Waals surface area (Å²) in [6, 6.07) is 0. The molecule has 6 nitrogen and oxygen atoms in total. The number of hydrogen-bond donors (Lipinski definition) is 3. The Kier molecular flexibility index (Phi) is 7.67. The predicted octanol–water partition coefficient (Wildman–Crippen LogP) is -2.01. The second-order valence-corrected chi connectivity index (χ2v) is 4.35. The van der Waals surface area contributed by atoms with Crippen molar-refractivity contribution < 1.29 is 29.6 Å². The van der Waals surface area contributed by atoms with Gasteiger partial charge < -0.3 is 20.1 Å². The summed E-state index contributed by atoms with van der Waals surface area (Å²) in [5.41, 5.74) is 0. The third kappa shape index (κ3) is 5.55. The van der Waals surface area contributed by atoms with Crippen LogP contribution in [0.5, 0.6) is 0 Å². The van der Waals surface area contributed by atoms with Crippen LogP contribution in [0.3, 0.4) is 0 Å². The first-order valence-electron chi connectivity index (χ1n) is 6.66. The minimum absolute atomic E-state index is 0.369. The van der Waals surface area contributed by atoms with Crippen LogP contribution in [0.2, 0.25) is 0 Å². The zero-order valence-corrected chi connectivity index (χ0v) is 12.6. The van der Waals surface area contributed by atoms with Crippen LogP contribution in [0.4, 0.5) is 0 Å². The van der Waals surface area contributed by atoms with Gasteiger partial charge in [0.2, 0.25) is 0 Å². The van der Waals surface area contributed by atoms with E-state index in [2.05, 4.69) is 63.9 Å². The van der Waals surface area contributed by atoms with E-state index in [0.717, 1.165) is 0 Å². The number of carbonyl (C=O) groups excluding carboxylic acids is 2. The van der Waals surface area contributed by atoms with Crippen LogP contribution in [-0.2, 0) is 14.3 Å². The Balaban J connectivity index is 2.52. The monoisotopic (exact) mass is 324 g/mol. The molecule has 3 N–H and O–H groups in total. The fourth-order valence-corrected chi connectivity index (χ4v) is 1.56. The van der Waals surface area contributed by atoms with Gasteiger partial charge in [-0.2, -0.15) is 0 Å². The molecule has 1 aliphatic heterocycles. The lowest BCUT2D eigenvalue weighted by Crippen LogP contribution is -2.42. The maximum absolute atomic E-state index is 11.7. The van der Waals surface area contributed by atoms with Crippen LogP contribution in [0.15, 0.2) is 0 Å². The third-order valence-corrected chi connectivity index (χ3v) is 2.71. The van der Waals surface area contributed by atoms with Gasteiger partial charge in [-0.25, -0.2) is 4.79 Å². The zero-order valence-electron chi connectivity index (χ0n) is 12.6. The molecule has 0 aliphatic carbocycles. The zero-order chi connectivity index (χ0) is 17.9. The lowest BCUT2D eigenvalue weighted by atomic mass is 10.0. The molecule has 120 valence electrons. The lowest BCUT2D eigenvalue weighted by Gasteiger charge is -2.17. The van der Waals surface area contributed by atoms with Gasteiger partial charge in [0.15, 0.2) is 24.1 Å². The van der Waals surface area contributed by atoms with Crippen molar-refractivity contribution in [1.29, 1.82) is 0 Å². The smallest absolute Gasteiger partial charge is 0.338 e. The number of rotatable bonds is 3. The average Bonchev–Trinajstić information content (AvgIpc) is 2.83. The number of carbonyl (C=O) groups is 2. The van der Waals surface area contributed by atoms with Gasteiger partial charge in [-0.05, 0) is 54.3 Å². The minimum atomic E-state index is -1.78. The van der Waals surface area contributed by atoms with Crippen LogP contribution < -0.4 is 0 Å². The topological polar surface area (TPSA) is 104 Å². The molecule has 24 heavy (non-hydrogen) atoms. The standard InChI is InChI=1S/C18H12O6/c1-2-3-4-5-6-7-8-9-10-11-12-13(19)14(20)17-15(21)16(22)18(23)24-17/h14-17,20-22H,12H2,1H3/t14-,15+,16-,17+/m0/s1. The van der Waals surface area contributed by atoms with Crippen molar-refractivity contribution in [1.82, 2.24) is 0 Å². The maximum atomic E-state index is 11.7. The number of aliphatic hydroxyl groups is 3. The molecule has 1 fully saturated rings. The lowest BCUT2D eigenvalue weighted by molar-refractivity contribution is -0.153. The summed E-state index contributed by atoms with van der Waals surface area (Å²) in [6.07, 6.45) is -7.11. The molecule has 1 saturated heterocycles. The number of ether oxygens (including phenoxy) is 1. The number of aliphatic hydroxyl groups excluding tert-OH is 3. The minimum Gasteiger partial charge on any atom is -0.454 e. The fourth-order valence-electron chi connectivity index (χ4n) is 1.56. The number of esters is 1. The van der Waals surface area contributed by atoms with Crippen molar-refractivity contribution in [3.05, 3.63) is 0 Å². The Bertz CT molecular complexity index is 813. The Morgan fingerprint density at radius 1 is 1.08 bits per heavy atom. The van der Waals surface area contributed by atoms with Gasteiger partial charge in [-0.1, -0.05) is 11.8 Å². The maximum Gasteiger partial charge on any atom is 0.338 e. The van der Waals surface area contributed by atoms with Crippen LogP contribution in [0.25, 0.3) is 0 Å². The molecule has 0 bridgehead atoms. The average molecular weight is 324 g/mol. The van der Waals surface area contributed by atoms with Gasteiger partial charge in [-0.15, -0.1) is 0 Å². The molecule has 0 aromatic heterocycles. The molecule has 1 heterocycles. The van der Waals surface area contributed by atoms with Crippen molar-refractivity contribution in [3.8, 4) is 59.2 Å². The first kappa shape index (κ1) is 18.9. The number of Topliss-reactive ketones (excluding diaryl/α,β-unsaturated/α-hetero) is 1.